The fourth-order valence-electron chi connectivity index (χ4n) is 2.22. The summed E-state index contributed by atoms with van der Waals surface area (Å²) < 4.78 is 0. The molecule has 1 aliphatic rings. The number of nitro groups is 1. The van der Waals surface area contributed by atoms with Gasteiger partial charge in [-0.3, -0.25) is 14.9 Å². The molecule has 1 heterocycles. The van der Waals surface area contributed by atoms with Crippen LogP contribution in [0.2, 0.25) is 0 Å². The number of carbonyl (C=O) groups is 1. The zero-order chi connectivity index (χ0) is 14.0. The fraction of sp³-hybridized carbons (Fsp3) is 0.462. The Morgan fingerprint density at radius 2 is 2.05 bits per heavy atom. The SMILES string of the molecule is CC1CN(C(=O)Cc2ccc([N+](=O)[O-])cc2)CC1N. The lowest BCUT2D eigenvalue weighted by Gasteiger charge is -2.15. The van der Waals surface area contributed by atoms with Gasteiger partial charge < -0.3 is 10.6 Å². The van der Waals surface area contributed by atoms with Crippen molar-refractivity contribution in [2.45, 2.75) is 19.4 Å². The van der Waals surface area contributed by atoms with E-state index in [0.717, 1.165) is 5.56 Å². The highest BCUT2D eigenvalue weighted by atomic mass is 16.6. The van der Waals surface area contributed by atoms with E-state index in [0.29, 0.717) is 19.0 Å². The highest BCUT2D eigenvalue weighted by Crippen LogP contribution is 2.17. The summed E-state index contributed by atoms with van der Waals surface area (Å²) in [6, 6.07) is 6.12. The van der Waals surface area contributed by atoms with E-state index in [2.05, 4.69) is 0 Å². The number of hydrogen-bond donors (Lipinski definition) is 1. The van der Waals surface area contributed by atoms with Crippen LogP contribution in [0.5, 0.6) is 0 Å². The Balaban J connectivity index is 1.97. The molecule has 0 aliphatic carbocycles. The molecule has 0 bridgehead atoms. The van der Waals surface area contributed by atoms with Gasteiger partial charge >= 0.3 is 0 Å². The third kappa shape index (κ3) is 3.08. The highest BCUT2D eigenvalue weighted by molar-refractivity contribution is 5.79. The smallest absolute Gasteiger partial charge is 0.269 e. The molecule has 1 aromatic rings. The summed E-state index contributed by atoms with van der Waals surface area (Å²) in [4.78, 5) is 23.9. The number of nitrogens with two attached hydrogens (primary N) is 1. The summed E-state index contributed by atoms with van der Waals surface area (Å²) in [5, 5.41) is 10.5. The minimum atomic E-state index is -0.452. The molecule has 2 rings (SSSR count). The molecule has 2 unspecified atom stereocenters. The molecule has 19 heavy (non-hydrogen) atoms. The number of hydrogen-bond acceptors (Lipinski definition) is 4. The summed E-state index contributed by atoms with van der Waals surface area (Å²) in [5.41, 5.74) is 6.70. The number of carbonyl (C=O) groups excluding carboxylic acids is 1. The minimum Gasteiger partial charge on any atom is -0.341 e. The van der Waals surface area contributed by atoms with E-state index in [1.165, 1.54) is 12.1 Å². The van der Waals surface area contributed by atoms with E-state index >= 15 is 0 Å². The maximum absolute atomic E-state index is 12.1. The maximum Gasteiger partial charge on any atom is 0.269 e. The first-order chi connectivity index (χ1) is 8.97. The molecule has 1 amide bonds. The van der Waals surface area contributed by atoms with Gasteiger partial charge in [0, 0.05) is 31.3 Å². The molecule has 0 spiro atoms. The van der Waals surface area contributed by atoms with E-state index < -0.39 is 4.92 Å². The third-order valence-corrected chi connectivity index (χ3v) is 3.53. The highest BCUT2D eigenvalue weighted by Gasteiger charge is 2.29. The zero-order valence-electron chi connectivity index (χ0n) is 10.8. The summed E-state index contributed by atoms with van der Waals surface area (Å²) in [6.07, 6.45) is 0.261. The lowest BCUT2D eigenvalue weighted by Crippen LogP contribution is -2.33. The third-order valence-electron chi connectivity index (χ3n) is 3.53. The van der Waals surface area contributed by atoms with Crippen molar-refractivity contribution >= 4 is 11.6 Å². The number of nitrogens with zero attached hydrogens (tertiary/aromatic N) is 2. The van der Waals surface area contributed by atoms with Crippen LogP contribution >= 0.6 is 0 Å². The Labute approximate surface area is 111 Å². The van der Waals surface area contributed by atoms with E-state index in [4.69, 9.17) is 5.73 Å². The van der Waals surface area contributed by atoms with Gasteiger partial charge in [0.05, 0.1) is 11.3 Å². The predicted molar refractivity (Wildman–Crippen MR) is 70.5 cm³/mol. The first kappa shape index (κ1) is 13.5. The van der Waals surface area contributed by atoms with Crippen LogP contribution in [0.3, 0.4) is 0 Å². The molecule has 0 aromatic heterocycles. The van der Waals surface area contributed by atoms with Crippen molar-refractivity contribution in [3.8, 4) is 0 Å². The van der Waals surface area contributed by atoms with Gasteiger partial charge in [-0.05, 0) is 11.5 Å². The minimum absolute atomic E-state index is 0.0219. The summed E-state index contributed by atoms with van der Waals surface area (Å²) >= 11 is 0. The van der Waals surface area contributed by atoms with Crippen molar-refractivity contribution in [2.75, 3.05) is 13.1 Å². The monoisotopic (exact) mass is 263 g/mol. The van der Waals surface area contributed by atoms with Gasteiger partial charge in [-0.25, -0.2) is 0 Å². The second-order valence-corrected chi connectivity index (χ2v) is 5.04. The molecule has 1 aliphatic heterocycles. The van der Waals surface area contributed by atoms with E-state index in [1.54, 1.807) is 17.0 Å². The van der Waals surface area contributed by atoms with Crippen LogP contribution in [0.4, 0.5) is 5.69 Å². The molecule has 0 saturated carbocycles. The first-order valence-electron chi connectivity index (χ1n) is 6.24. The molecule has 1 saturated heterocycles. The Bertz CT molecular complexity index is 476. The number of nitro benzene ring substituents is 1. The normalized spacial score (nSPS) is 22.5. The quantitative estimate of drug-likeness (QED) is 0.649. The molecule has 2 atom stereocenters. The van der Waals surface area contributed by atoms with Crippen LogP contribution in [-0.4, -0.2) is 34.9 Å². The molecule has 0 radical (unpaired) electrons. The van der Waals surface area contributed by atoms with Crippen LogP contribution in [0.25, 0.3) is 0 Å². The standard InChI is InChI=1S/C13H17N3O3/c1-9-7-15(8-12(9)14)13(17)6-10-2-4-11(5-3-10)16(18)19/h2-5,9,12H,6-8,14H2,1H3. The van der Waals surface area contributed by atoms with Gasteiger partial charge in [0.2, 0.25) is 5.91 Å². The number of amides is 1. The molecular weight excluding hydrogens is 246 g/mol. The predicted octanol–water partition coefficient (Wildman–Crippen LogP) is 0.943. The molecule has 1 aromatic carbocycles. The van der Waals surface area contributed by atoms with E-state index in [-0.39, 0.29) is 24.1 Å². The second kappa shape index (κ2) is 5.36. The zero-order valence-corrected chi connectivity index (χ0v) is 10.8. The Kier molecular flexibility index (Phi) is 3.80. The number of likely N-dealkylation sites (tertiary alicyclic amines) is 1. The Morgan fingerprint density at radius 3 is 2.53 bits per heavy atom. The van der Waals surface area contributed by atoms with Gasteiger partial charge in [-0.1, -0.05) is 19.1 Å². The van der Waals surface area contributed by atoms with E-state index in [9.17, 15) is 14.9 Å². The van der Waals surface area contributed by atoms with Crippen molar-refractivity contribution < 1.29 is 9.72 Å². The number of benzene rings is 1. The largest absolute Gasteiger partial charge is 0.341 e. The maximum atomic E-state index is 12.1. The number of non-ortho nitro benzene ring substituents is 1. The van der Waals surface area contributed by atoms with Crippen LogP contribution in [0.15, 0.2) is 24.3 Å². The molecule has 6 heteroatoms. The van der Waals surface area contributed by atoms with Gasteiger partial charge in [0.15, 0.2) is 0 Å². The van der Waals surface area contributed by atoms with Crippen LogP contribution in [0, 0.1) is 16.0 Å². The number of rotatable bonds is 3. The lowest BCUT2D eigenvalue weighted by molar-refractivity contribution is -0.384. The average molecular weight is 263 g/mol. The fourth-order valence-corrected chi connectivity index (χ4v) is 2.22. The summed E-state index contributed by atoms with van der Waals surface area (Å²) in [6.45, 7) is 3.31. The molecule has 2 N–H and O–H groups in total. The summed E-state index contributed by atoms with van der Waals surface area (Å²) in [7, 11) is 0. The topological polar surface area (TPSA) is 89.5 Å². The Morgan fingerprint density at radius 1 is 1.42 bits per heavy atom. The van der Waals surface area contributed by atoms with Crippen molar-refractivity contribution in [3.63, 3.8) is 0 Å². The lowest BCUT2D eigenvalue weighted by atomic mass is 10.1. The van der Waals surface area contributed by atoms with Gasteiger partial charge in [-0.2, -0.15) is 0 Å². The average Bonchev–Trinajstić information content (AvgIpc) is 2.70. The first-order valence-corrected chi connectivity index (χ1v) is 6.24. The van der Waals surface area contributed by atoms with Crippen molar-refractivity contribution in [1.29, 1.82) is 0 Å². The molecule has 102 valence electrons. The van der Waals surface area contributed by atoms with Crippen molar-refractivity contribution in [3.05, 3.63) is 39.9 Å². The van der Waals surface area contributed by atoms with E-state index in [1.807, 2.05) is 6.92 Å². The van der Waals surface area contributed by atoms with Gasteiger partial charge in [-0.15, -0.1) is 0 Å². The molecule has 6 nitrogen and oxygen atoms in total. The van der Waals surface area contributed by atoms with Crippen molar-refractivity contribution in [1.82, 2.24) is 4.90 Å². The molecular formula is C13H17N3O3. The van der Waals surface area contributed by atoms with Crippen molar-refractivity contribution in [2.24, 2.45) is 11.7 Å². The van der Waals surface area contributed by atoms with Gasteiger partial charge in [0.25, 0.3) is 5.69 Å². The van der Waals surface area contributed by atoms with Crippen LogP contribution in [0.1, 0.15) is 12.5 Å². The molecule has 1 fully saturated rings. The van der Waals surface area contributed by atoms with Gasteiger partial charge in [0.1, 0.15) is 0 Å². The second-order valence-electron chi connectivity index (χ2n) is 5.04. The van der Waals surface area contributed by atoms with Crippen LogP contribution < -0.4 is 5.73 Å². The van der Waals surface area contributed by atoms with Crippen LogP contribution in [-0.2, 0) is 11.2 Å². The summed E-state index contributed by atoms with van der Waals surface area (Å²) in [5.74, 6) is 0.342. The Hall–Kier alpha value is -1.95.